The summed E-state index contributed by atoms with van der Waals surface area (Å²) in [5.41, 5.74) is 8.30. The first-order chi connectivity index (χ1) is 8.75. The zero-order valence-corrected chi connectivity index (χ0v) is 11.6. The Morgan fingerprint density at radius 3 is 2.56 bits per heavy atom. The largest absolute Gasteiger partial charge is 0.375 e. The molecular formula is C15H16BrNO. The van der Waals surface area contributed by atoms with Crippen LogP contribution < -0.4 is 5.73 Å². The summed E-state index contributed by atoms with van der Waals surface area (Å²) in [7, 11) is 0. The Morgan fingerprint density at radius 1 is 1.06 bits per heavy atom. The first kappa shape index (κ1) is 13.3. The molecule has 0 saturated carbocycles. The van der Waals surface area contributed by atoms with Crippen LogP contribution in [-0.2, 0) is 11.3 Å². The molecule has 0 fully saturated rings. The molecule has 2 N–H and O–H groups in total. The molecule has 0 bridgehead atoms. The Balaban J connectivity index is 1.82. The standard InChI is InChI=1S/C15H16BrNO/c16-14-8-4-5-12(9-14)10-18-11-15(17)13-6-2-1-3-7-13/h1-9,15H,10-11,17H2. The third-order valence-corrected chi connectivity index (χ3v) is 3.18. The number of halogens is 1. The van der Waals surface area contributed by atoms with Crippen molar-refractivity contribution in [3.63, 3.8) is 0 Å². The molecular weight excluding hydrogens is 290 g/mol. The average Bonchev–Trinajstić information content (AvgIpc) is 2.40. The molecule has 2 aromatic rings. The lowest BCUT2D eigenvalue weighted by Gasteiger charge is -2.12. The quantitative estimate of drug-likeness (QED) is 0.915. The van der Waals surface area contributed by atoms with Gasteiger partial charge in [0, 0.05) is 4.47 Å². The van der Waals surface area contributed by atoms with Crippen LogP contribution in [0.2, 0.25) is 0 Å². The van der Waals surface area contributed by atoms with E-state index in [2.05, 4.69) is 15.9 Å². The zero-order valence-electron chi connectivity index (χ0n) is 10.1. The SMILES string of the molecule is NC(COCc1cccc(Br)c1)c1ccccc1. The van der Waals surface area contributed by atoms with Crippen LogP contribution >= 0.6 is 15.9 Å². The third-order valence-electron chi connectivity index (χ3n) is 2.68. The molecule has 2 rings (SSSR count). The molecule has 0 aromatic heterocycles. The summed E-state index contributed by atoms with van der Waals surface area (Å²) >= 11 is 3.44. The minimum absolute atomic E-state index is 0.0710. The monoisotopic (exact) mass is 305 g/mol. The van der Waals surface area contributed by atoms with E-state index >= 15 is 0 Å². The molecule has 0 aliphatic carbocycles. The van der Waals surface area contributed by atoms with Gasteiger partial charge in [0.25, 0.3) is 0 Å². The lowest BCUT2D eigenvalue weighted by atomic mass is 10.1. The lowest BCUT2D eigenvalue weighted by molar-refractivity contribution is 0.108. The Hall–Kier alpha value is -1.16. The maximum absolute atomic E-state index is 6.05. The maximum Gasteiger partial charge on any atom is 0.0718 e. The van der Waals surface area contributed by atoms with Crippen LogP contribution in [0.15, 0.2) is 59.1 Å². The lowest BCUT2D eigenvalue weighted by Crippen LogP contribution is -2.16. The van der Waals surface area contributed by atoms with Gasteiger partial charge in [-0.05, 0) is 23.3 Å². The molecule has 0 aliphatic heterocycles. The molecule has 1 atom stereocenters. The van der Waals surface area contributed by atoms with Crippen molar-refractivity contribution in [1.82, 2.24) is 0 Å². The molecule has 2 aromatic carbocycles. The van der Waals surface area contributed by atoms with E-state index in [-0.39, 0.29) is 6.04 Å². The van der Waals surface area contributed by atoms with Gasteiger partial charge in [0.05, 0.1) is 19.3 Å². The van der Waals surface area contributed by atoms with Gasteiger partial charge in [-0.3, -0.25) is 0 Å². The van der Waals surface area contributed by atoms with E-state index in [4.69, 9.17) is 10.5 Å². The van der Waals surface area contributed by atoms with Crippen molar-refractivity contribution in [2.24, 2.45) is 5.73 Å². The molecule has 0 amide bonds. The molecule has 0 radical (unpaired) electrons. The van der Waals surface area contributed by atoms with Crippen LogP contribution in [0.3, 0.4) is 0 Å². The van der Waals surface area contributed by atoms with Gasteiger partial charge in [-0.25, -0.2) is 0 Å². The Kier molecular flexibility index (Phi) is 4.93. The number of ether oxygens (including phenoxy) is 1. The van der Waals surface area contributed by atoms with Crippen molar-refractivity contribution in [1.29, 1.82) is 0 Å². The summed E-state index contributed by atoms with van der Waals surface area (Å²) in [5, 5.41) is 0. The van der Waals surface area contributed by atoms with Crippen molar-refractivity contribution in [3.05, 3.63) is 70.2 Å². The predicted octanol–water partition coefficient (Wildman–Crippen LogP) is 3.67. The minimum atomic E-state index is -0.0710. The van der Waals surface area contributed by atoms with E-state index in [1.54, 1.807) is 0 Å². The molecule has 1 unspecified atom stereocenters. The van der Waals surface area contributed by atoms with Gasteiger partial charge in [-0.2, -0.15) is 0 Å². The highest BCUT2D eigenvalue weighted by molar-refractivity contribution is 9.10. The van der Waals surface area contributed by atoms with E-state index in [1.807, 2.05) is 54.6 Å². The number of hydrogen-bond donors (Lipinski definition) is 1. The zero-order chi connectivity index (χ0) is 12.8. The fraction of sp³-hybridized carbons (Fsp3) is 0.200. The Bertz CT molecular complexity index is 487. The fourth-order valence-electron chi connectivity index (χ4n) is 1.73. The van der Waals surface area contributed by atoms with Crippen molar-refractivity contribution < 1.29 is 4.74 Å². The third kappa shape index (κ3) is 3.95. The topological polar surface area (TPSA) is 35.2 Å². The highest BCUT2D eigenvalue weighted by Crippen LogP contribution is 2.14. The van der Waals surface area contributed by atoms with Gasteiger partial charge in [0.2, 0.25) is 0 Å². The Morgan fingerprint density at radius 2 is 1.83 bits per heavy atom. The Labute approximate surface area is 116 Å². The number of hydrogen-bond acceptors (Lipinski definition) is 2. The van der Waals surface area contributed by atoms with Crippen LogP contribution in [-0.4, -0.2) is 6.61 Å². The molecule has 0 spiro atoms. The van der Waals surface area contributed by atoms with Crippen molar-refractivity contribution in [2.75, 3.05) is 6.61 Å². The second-order valence-corrected chi connectivity index (χ2v) is 5.08. The van der Waals surface area contributed by atoms with Gasteiger partial charge in [0.1, 0.15) is 0 Å². The minimum Gasteiger partial charge on any atom is -0.375 e. The predicted molar refractivity (Wildman–Crippen MR) is 77.2 cm³/mol. The van der Waals surface area contributed by atoms with Crippen molar-refractivity contribution in [3.8, 4) is 0 Å². The smallest absolute Gasteiger partial charge is 0.0718 e. The van der Waals surface area contributed by atoms with E-state index in [0.717, 1.165) is 15.6 Å². The molecule has 2 nitrogen and oxygen atoms in total. The summed E-state index contributed by atoms with van der Waals surface area (Å²) in [6.07, 6.45) is 0. The first-order valence-corrected chi connectivity index (χ1v) is 6.68. The summed E-state index contributed by atoms with van der Waals surface area (Å²) in [6.45, 7) is 1.11. The van der Waals surface area contributed by atoms with Gasteiger partial charge in [-0.15, -0.1) is 0 Å². The average molecular weight is 306 g/mol. The van der Waals surface area contributed by atoms with Gasteiger partial charge >= 0.3 is 0 Å². The summed E-state index contributed by atoms with van der Waals surface area (Å²) in [4.78, 5) is 0. The second-order valence-electron chi connectivity index (χ2n) is 4.16. The van der Waals surface area contributed by atoms with E-state index in [9.17, 15) is 0 Å². The van der Waals surface area contributed by atoms with Gasteiger partial charge < -0.3 is 10.5 Å². The highest BCUT2D eigenvalue weighted by Gasteiger charge is 2.05. The van der Waals surface area contributed by atoms with Crippen LogP contribution in [0.4, 0.5) is 0 Å². The van der Waals surface area contributed by atoms with Gasteiger partial charge in [-0.1, -0.05) is 58.4 Å². The van der Waals surface area contributed by atoms with E-state index in [0.29, 0.717) is 13.2 Å². The van der Waals surface area contributed by atoms with Crippen molar-refractivity contribution >= 4 is 15.9 Å². The first-order valence-electron chi connectivity index (χ1n) is 5.88. The summed E-state index contributed by atoms with van der Waals surface area (Å²) in [6, 6.07) is 18.0. The second kappa shape index (κ2) is 6.69. The molecule has 3 heteroatoms. The number of nitrogens with two attached hydrogens (primary N) is 1. The van der Waals surface area contributed by atoms with E-state index in [1.165, 1.54) is 0 Å². The molecule has 0 heterocycles. The summed E-state index contributed by atoms with van der Waals surface area (Å²) < 4.78 is 6.71. The van der Waals surface area contributed by atoms with Crippen molar-refractivity contribution in [2.45, 2.75) is 12.6 Å². The van der Waals surface area contributed by atoms with Crippen LogP contribution in [0, 0.1) is 0 Å². The van der Waals surface area contributed by atoms with Crippen LogP contribution in [0.25, 0.3) is 0 Å². The maximum atomic E-state index is 6.05. The molecule has 0 aliphatic rings. The number of rotatable bonds is 5. The van der Waals surface area contributed by atoms with Gasteiger partial charge in [0.15, 0.2) is 0 Å². The molecule has 94 valence electrons. The van der Waals surface area contributed by atoms with Crippen LogP contribution in [0.1, 0.15) is 17.2 Å². The van der Waals surface area contributed by atoms with Crippen LogP contribution in [0.5, 0.6) is 0 Å². The highest BCUT2D eigenvalue weighted by atomic mass is 79.9. The summed E-state index contributed by atoms with van der Waals surface area (Å²) in [5.74, 6) is 0. The fourth-order valence-corrected chi connectivity index (χ4v) is 2.17. The normalized spacial score (nSPS) is 12.3. The molecule has 0 saturated heterocycles. The van der Waals surface area contributed by atoms with E-state index < -0.39 is 0 Å². The molecule has 18 heavy (non-hydrogen) atoms. The number of benzene rings is 2.